The lowest BCUT2D eigenvalue weighted by molar-refractivity contribution is 0.834. The van der Waals surface area contributed by atoms with Gasteiger partial charge in [0.1, 0.15) is 0 Å². The zero-order chi connectivity index (χ0) is 14.1. The van der Waals surface area contributed by atoms with Crippen LogP contribution in [0.2, 0.25) is 0 Å². The molecule has 0 atom stereocenters. The van der Waals surface area contributed by atoms with E-state index in [2.05, 4.69) is 24.2 Å². The van der Waals surface area contributed by atoms with E-state index < -0.39 is 0 Å². The maximum absolute atomic E-state index is 6.10. The number of hydrogen-bond acceptors (Lipinski definition) is 2. The van der Waals surface area contributed by atoms with Gasteiger partial charge in [0, 0.05) is 22.5 Å². The molecule has 3 rings (SSSR count). The molecule has 3 aromatic rings. The van der Waals surface area contributed by atoms with Gasteiger partial charge >= 0.3 is 0 Å². The van der Waals surface area contributed by atoms with Gasteiger partial charge in [-0.15, -0.1) is 0 Å². The van der Waals surface area contributed by atoms with Gasteiger partial charge in [0.15, 0.2) is 0 Å². The van der Waals surface area contributed by atoms with Crippen LogP contribution in [0, 0.1) is 13.8 Å². The predicted molar refractivity (Wildman–Crippen MR) is 82.9 cm³/mol. The molecule has 2 N–H and O–H groups in total. The van der Waals surface area contributed by atoms with Crippen molar-refractivity contribution in [1.82, 2.24) is 9.78 Å². The third-order valence-corrected chi connectivity index (χ3v) is 3.52. The molecule has 1 heterocycles. The van der Waals surface area contributed by atoms with Gasteiger partial charge in [-0.2, -0.15) is 5.10 Å². The Balaban J connectivity index is 2.20. The Bertz CT molecular complexity index is 742. The summed E-state index contributed by atoms with van der Waals surface area (Å²) in [5.41, 5.74) is 12.2. The van der Waals surface area contributed by atoms with Crippen LogP contribution in [0.1, 0.15) is 11.4 Å². The lowest BCUT2D eigenvalue weighted by atomic mass is 10.0. The van der Waals surface area contributed by atoms with Crippen LogP contribution in [0.3, 0.4) is 0 Å². The van der Waals surface area contributed by atoms with Gasteiger partial charge in [0.2, 0.25) is 0 Å². The van der Waals surface area contributed by atoms with Gasteiger partial charge in [-0.05, 0) is 32.0 Å². The smallest absolute Gasteiger partial charge is 0.0680 e. The molecule has 0 spiro atoms. The average molecular weight is 263 g/mol. The topological polar surface area (TPSA) is 43.8 Å². The number of benzene rings is 2. The average Bonchev–Trinajstić information content (AvgIpc) is 2.76. The van der Waals surface area contributed by atoms with E-state index in [1.165, 1.54) is 0 Å². The van der Waals surface area contributed by atoms with Crippen molar-refractivity contribution in [3.05, 3.63) is 66.0 Å². The molecule has 0 aliphatic carbocycles. The van der Waals surface area contributed by atoms with Crippen molar-refractivity contribution >= 4 is 5.69 Å². The van der Waals surface area contributed by atoms with E-state index >= 15 is 0 Å². The fourth-order valence-electron chi connectivity index (χ4n) is 2.58. The van der Waals surface area contributed by atoms with Crippen LogP contribution in [-0.4, -0.2) is 9.78 Å². The normalized spacial score (nSPS) is 10.7. The number of aromatic nitrogens is 2. The minimum Gasteiger partial charge on any atom is -0.398 e. The van der Waals surface area contributed by atoms with Gasteiger partial charge in [0.05, 0.1) is 11.4 Å². The summed E-state index contributed by atoms with van der Waals surface area (Å²) in [6.07, 6.45) is 0. The predicted octanol–water partition coefficient (Wildman–Crippen LogP) is 3.74. The van der Waals surface area contributed by atoms with Crippen molar-refractivity contribution in [1.29, 1.82) is 0 Å². The molecule has 0 aliphatic rings. The van der Waals surface area contributed by atoms with E-state index in [1.54, 1.807) is 0 Å². The minimum atomic E-state index is 0.784. The van der Waals surface area contributed by atoms with E-state index in [-0.39, 0.29) is 0 Å². The summed E-state index contributed by atoms with van der Waals surface area (Å²) in [5, 5.41) is 4.66. The van der Waals surface area contributed by atoms with E-state index in [4.69, 9.17) is 5.73 Å². The first-order chi connectivity index (χ1) is 9.68. The van der Waals surface area contributed by atoms with E-state index in [0.29, 0.717) is 0 Å². The van der Waals surface area contributed by atoms with E-state index in [0.717, 1.165) is 33.9 Å². The number of anilines is 1. The maximum atomic E-state index is 6.10. The molecule has 0 unspecified atom stereocenters. The molecule has 2 aromatic carbocycles. The van der Waals surface area contributed by atoms with Crippen molar-refractivity contribution < 1.29 is 0 Å². The first-order valence-corrected chi connectivity index (χ1v) is 6.65. The molecule has 0 saturated heterocycles. The van der Waals surface area contributed by atoms with Crippen molar-refractivity contribution in [3.8, 4) is 16.8 Å². The van der Waals surface area contributed by atoms with Crippen LogP contribution in [-0.2, 0) is 0 Å². The van der Waals surface area contributed by atoms with Crippen LogP contribution in [0.5, 0.6) is 0 Å². The second-order valence-electron chi connectivity index (χ2n) is 4.88. The quantitative estimate of drug-likeness (QED) is 0.716. The molecule has 1 aromatic heterocycles. The lowest BCUT2D eigenvalue weighted by Crippen LogP contribution is -1.98. The maximum Gasteiger partial charge on any atom is 0.0680 e. The number of hydrogen-bond donors (Lipinski definition) is 1. The summed E-state index contributed by atoms with van der Waals surface area (Å²) >= 11 is 0. The molecule has 100 valence electrons. The van der Waals surface area contributed by atoms with Crippen LogP contribution in [0.4, 0.5) is 5.69 Å². The fraction of sp³-hybridized carbons (Fsp3) is 0.118. The van der Waals surface area contributed by atoms with Gasteiger partial charge in [-0.3, -0.25) is 0 Å². The van der Waals surface area contributed by atoms with Crippen LogP contribution < -0.4 is 5.73 Å². The molecule has 0 amide bonds. The number of nitrogens with zero attached hydrogens (tertiary/aromatic N) is 2. The summed E-state index contributed by atoms with van der Waals surface area (Å²) < 4.78 is 1.97. The highest BCUT2D eigenvalue weighted by atomic mass is 15.3. The third-order valence-electron chi connectivity index (χ3n) is 3.52. The highest BCUT2D eigenvalue weighted by Crippen LogP contribution is 2.32. The van der Waals surface area contributed by atoms with Gasteiger partial charge < -0.3 is 5.73 Å². The van der Waals surface area contributed by atoms with Crippen molar-refractivity contribution in [2.45, 2.75) is 13.8 Å². The Morgan fingerprint density at radius 1 is 0.900 bits per heavy atom. The fourth-order valence-corrected chi connectivity index (χ4v) is 2.58. The molecule has 0 saturated carbocycles. The van der Waals surface area contributed by atoms with E-state index in [9.17, 15) is 0 Å². The van der Waals surface area contributed by atoms with Crippen molar-refractivity contribution in [2.75, 3.05) is 5.73 Å². The number of aryl methyl sites for hydroxylation is 1. The first kappa shape index (κ1) is 12.5. The summed E-state index contributed by atoms with van der Waals surface area (Å²) in [6, 6.07) is 18.1. The van der Waals surface area contributed by atoms with Crippen molar-refractivity contribution in [3.63, 3.8) is 0 Å². The van der Waals surface area contributed by atoms with E-state index in [1.807, 2.05) is 54.1 Å². The van der Waals surface area contributed by atoms with Crippen LogP contribution in [0.15, 0.2) is 54.6 Å². The molecule has 0 radical (unpaired) electrons. The highest BCUT2D eigenvalue weighted by Gasteiger charge is 2.15. The van der Waals surface area contributed by atoms with Crippen LogP contribution >= 0.6 is 0 Å². The Morgan fingerprint density at radius 2 is 1.55 bits per heavy atom. The monoisotopic (exact) mass is 263 g/mol. The Labute approximate surface area is 118 Å². The summed E-state index contributed by atoms with van der Waals surface area (Å²) in [7, 11) is 0. The Kier molecular flexibility index (Phi) is 3.03. The van der Waals surface area contributed by atoms with Crippen LogP contribution in [0.25, 0.3) is 16.8 Å². The van der Waals surface area contributed by atoms with Gasteiger partial charge in [-0.25, -0.2) is 4.68 Å². The molecule has 3 heteroatoms. The summed E-state index contributed by atoms with van der Waals surface area (Å²) in [4.78, 5) is 0. The van der Waals surface area contributed by atoms with Gasteiger partial charge in [-0.1, -0.05) is 36.4 Å². The third kappa shape index (κ3) is 1.97. The highest BCUT2D eigenvalue weighted by molar-refractivity contribution is 5.79. The largest absolute Gasteiger partial charge is 0.398 e. The molecular formula is C17H17N3. The second kappa shape index (κ2) is 4.85. The number of nitrogens with two attached hydrogens (primary N) is 1. The number of para-hydroxylation sites is 2. The Hall–Kier alpha value is -2.55. The zero-order valence-electron chi connectivity index (χ0n) is 11.7. The first-order valence-electron chi connectivity index (χ1n) is 6.65. The molecule has 3 nitrogen and oxygen atoms in total. The van der Waals surface area contributed by atoms with Crippen molar-refractivity contribution in [2.24, 2.45) is 0 Å². The molecule has 20 heavy (non-hydrogen) atoms. The zero-order valence-corrected chi connectivity index (χ0v) is 11.7. The second-order valence-corrected chi connectivity index (χ2v) is 4.88. The summed E-state index contributed by atoms with van der Waals surface area (Å²) in [6.45, 7) is 4.10. The van der Waals surface area contributed by atoms with Gasteiger partial charge in [0.25, 0.3) is 0 Å². The lowest BCUT2D eigenvalue weighted by Gasteiger charge is -2.07. The summed E-state index contributed by atoms with van der Waals surface area (Å²) in [5.74, 6) is 0. The molecular weight excluding hydrogens is 246 g/mol. The molecule has 0 fully saturated rings. The standard InChI is InChI=1S/C17H17N3/c1-12-17(15-10-6-7-11-16(15)18)13(2)20(19-12)14-8-4-3-5-9-14/h3-11H,18H2,1-2H3. The number of nitrogen functional groups attached to an aromatic ring is 1. The molecule has 0 bridgehead atoms. The SMILES string of the molecule is Cc1nn(-c2ccccc2)c(C)c1-c1ccccc1N. The minimum absolute atomic E-state index is 0.784. The number of rotatable bonds is 2. The Morgan fingerprint density at radius 3 is 2.25 bits per heavy atom. The molecule has 0 aliphatic heterocycles.